The lowest BCUT2D eigenvalue weighted by molar-refractivity contribution is -0.192. The van der Waals surface area contributed by atoms with Crippen LogP contribution in [0.2, 0.25) is 0 Å². The normalized spacial score (nSPS) is 17.1. The molecule has 4 aromatic rings. The van der Waals surface area contributed by atoms with Crippen molar-refractivity contribution in [3.63, 3.8) is 0 Å². The van der Waals surface area contributed by atoms with E-state index in [0.717, 1.165) is 21.7 Å². The van der Waals surface area contributed by atoms with Crippen molar-refractivity contribution >= 4 is 49.4 Å². The molecule has 1 atom stereocenters. The van der Waals surface area contributed by atoms with Crippen molar-refractivity contribution in [2.24, 2.45) is 0 Å². The Kier molecular flexibility index (Phi) is 8.08. The molecule has 1 saturated heterocycles. The molecule has 1 fully saturated rings. The first-order valence-electron chi connectivity index (χ1n) is 12.1. The van der Waals surface area contributed by atoms with Crippen molar-refractivity contribution in [1.82, 2.24) is 15.0 Å². The monoisotopic (exact) mass is 590 g/mol. The van der Waals surface area contributed by atoms with Gasteiger partial charge in [0, 0.05) is 18.4 Å². The Hall–Kier alpha value is -4.43. The quantitative estimate of drug-likeness (QED) is 0.266. The molecule has 5 N–H and O–H groups in total. The first-order valence-corrected chi connectivity index (χ1v) is 13.6. The van der Waals surface area contributed by atoms with Gasteiger partial charge in [-0.05, 0) is 65.2 Å². The Morgan fingerprint density at radius 1 is 1.12 bits per heavy atom. The second-order valence-corrected chi connectivity index (χ2v) is 11.0. The van der Waals surface area contributed by atoms with Gasteiger partial charge in [-0.3, -0.25) is 4.79 Å². The van der Waals surface area contributed by atoms with Crippen LogP contribution >= 0.6 is 0 Å². The Balaban J connectivity index is 0.000000493. The maximum absolute atomic E-state index is 13.5. The summed E-state index contributed by atoms with van der Waals surface area (Å²) in [5.74, 6) is -2.08. The van der Waals surface area contributed by atoms with Crippen LogP contribution < -0.4 is 20.5 Å². The van der Waals surface area contributed by atoms with Gasteiger partial charge in [0.2, 0.25) is 15.9 Å². The SMILES string of the molecule is COc1ccc2ccc(S(=O)(=O)N[C@@]3(Cc4cccc5nc(N)ccc45)CCNC3=O)cc2c1.O=C(O)C(F)(F)F. The second-order valence-electron chi connectivity index (χ2n) is 9.27. The number of sulfonamides is 1. The Morgan fingerprint density at radius 2 is 1.83 bits per heavy atom. The molecule has 0 radical (unpaired) electrons. The van der Waals surface area contributed by atoms with Gasteiger partial charge in [-0.1, -0.05) is 24.3 Å². The number of carboxylic acids is 1. The maximum Gasteiger partial charge on any atom is 0.490 e. The average molecular weight is 591 g/mol. The summed E-state index contributed by atoms with van der Waals surface area (Å²) in [6, 6.07) is 19.4. The zero-order chi connectivity index (χ0) is 30.0. The van der Waals surface area contributed by atoms with Crippen LogP contribution in [-0.4, -0.2) is 55.8 Å². The van der Waals surface area contributed by atoms with E-state index < -0.39 is 27.7 Å². The van der Waals surface area contributed by atoms with Crippen LogP contribution in [0.5, 0.6) is 5.75 Å². The molecule has 0 unspecified atom stereocenters. The number of amides is 1. The number of ether oxygens (including phenoxy) is 1. The number of methoxy groups -OCH3 is 1. The highest BCUT2D eigenvalue weighted by Gasteiger charge is 2.46. The lowest BCUT2D eigenvalue weighted by Crippen LogP contribution is -2.55. The van der Waals surface area contributed by atoms with Crippen LogP contribution in [0.15, 0.2) is 71.6 Å². The number of hydrogen-bond acceptors (Lipinski definition) is 7. The van der Waals surface area contributed by atoms with Crippen LogP contribution in [-0.2, 0) is 26.0 Å². The van der Waals surface area contributed by atoms with Crippen LogP contribution in [0, 0.1) is 0 Å². The van der Waals surface area contributed by atoms with Crippen molar-refractivity contribution in [2.75, 3.05) is 19.4 Å². The number of fused-ring (bicyclic) bond motifs is 2. The third-order valence-corrected chi connectivity index (χ3v) is 8.04. The van der Waals surface area contributed by atoms with Crippen LogP contribution in [0.3, 0.4) is 0 Å². The molecule has 1 aliphatic rings. The zero-order valence-electron chi connectivity index (χ0n) is 21.5. The maximum atomic E-state index is 13.5. The van der Waals surface area contributed by atoms with Crippen LogP contribution in [0.25, 0.3) is 21.7 Å². The lowest BCUT2D eigenvalue weighted by Gasteiger charge is -2.28. The molecule has 0 aliphatic carbocycles. The smallest absolute Gasteiger partial charge is 0.490 e. The van der Waals surface area contributed by atoms with Crippen LogP contribution in [0.1, 0.15) is 12.0 Å². The number of halogens is 3. The zero-order valence-corrected chi connectivity index (χ0v) is 22.3. The first-order chi connectivity index (χ1) is 19.2. The number of hydrogen-bond donors (Lipinski definition) is 4. The number of rotatable bonds is 6. The standard InChI is InChI=1S/C25H24N4O4S.C2HF3O2/c1-33-19-7-5-16-6-8-20(14-18(16)13-19)34(31,32)29-25(11-12-27-24(25)30)15-17-3-2-4-22-21(17)9-10-23(26)28-22;3-2(4,5)1(6)7/h2-10,13-14,29H,11-12,15H2,1H3,(H2,26,28)(H,27,30);(H,6,7)/t25-;/m1./s1. The number of nitrogens with zero attached hydrogens (tertiary/aromatic N) is 1. The highest BCUT2D eigenvalue weighted by molar-refractivity contribution is 7.89. The number of aliphatic carboxylic acids is 1. The molecule has 0 spiro atoms. The predicted octanol–water partition coefficient (Wildman–Crippen LogP) is 3.39. The number of nitrogens with two attached hydrogens (primary N) is 1. The summed E-state index contributed by atoms with van der Waals surface area (Å²) in [6.45, 7) is 0.381. The van der Waals surface area contributed by atoms with E-state index in [1.807, 2.05) is 36.4 Å². The molecule has 1 aliphatic heterocycles. The number of carbonyl (C=O) groups excluding carboxylic acids is 1. The van der Waals surface area contributed by atoms with E-state index in [1.54, 1.807) is 37.4 Å². The number of anilines is 1. The Morgan fingerprint density at radius 3 is 2.46 bits per heavy atom. The van der Waals surface area contributed by atoms with Crippen molar-refractivity contribution in [2.45, 2.75) is 29.5 Å². The van der Waals surface area contributed by atoms with Gasteiger partial charge >= 0.3 is 12.1 Å². The van der Waals surface area contributed by atoms with E-state index in [0.29, 0.717) is 30.0 Å². The first kappa shape index (κ1) is 29.6. The highest BCUT2D eigenvalue weighted by Crippen LogP contribution is 2.30. The van der Waals surface area contributed by atoms with E-state index in [1.165, 1.54) is 0 Å². The third-order valence-electron chi connectivity index (χ3n) is 6.51. The number of nitrogens with one attached hydrogen (secondary N) is 2. The topological polar surface area (TPSA) is 161 Å². The summed E-state index contributed by atoms with van der Waals surface area (Å²) in [5, 5.41) is 12.4. The molecule has 0 saturated carbocycles. The van der Waals surface area contributed by atoms with Gasteiger partial charge in [-0.25, -0.2) is 18.2 Å². The van der Waals surface area contributed by atoms with Gasteiger partial charge < -0.3 is 20.9 Å². The number of nitrogen functional groups attached to an aromatic ring is 1. The van der Waals surface area contributed by atoms with Gasteiger partial charge in [-0.2, -0.15) is 17.9 Å². The Bertz CT molecular complexity index is 1750. The molecule has 0 bridgehead atoms. The highest BCUT2D eigenvalue weighted by atomic mass is 32.2. The number of carbonyl (C=O) groups is 2. The van der Waals surface area contributed by atoms with E-state index in [9.17, 15) is 26.4 Å². The van der Waals surface area contributed by atoms with Crippen molar-refractivity contribution in [3.8, 4) is 5.75 Å². The summed E-state index contributed by atoms with van der Waals surface area (Å²) in [5.41, 5.74) is 6.00. The summed E-state index contributed by atoms with van der Waals surface area (Å²) in [7, 11) is -2.45. The van der Waals surface area contributed by atoms with Crippen molar-refractivity contribution in [1.29, 1.82) is 0 Å². The molecular formula is C27H25F3N4O6S. The third kappa shape index (κ3) is 6.49. The fourth-order valence-electron chi connectivity index (χ4n) is 4.50. The van der Waals surface area contributed by atoms with E-state index in [2.05, 4.69) is 15.0 Å². The minimum atomic E-state index is -5.08. The second kappa shape index (κ2) is 11.2. The lowest BCUT2D eigenvalue weighted by atomic mass is 9.88. The molecule has 1 amide bonds. The molecule has 14 heteroatoms. The van der Waals surface area contributed by atoms with Gasteiger partial charge in [0.1, 0.15) is 17.1 Å². The van der Waals surface area contributed by atoms with Gasteiger partial charge in [-0.15, -0.1) is 0 Å². The molecule has 216 valence electrons. The van der Waals surface area contributed by atoms with Crippen molar-refractivity contribution in [3.05, 3.63) is 72.3 Å². The van der Waals surface area contributed by atoms with Gasteiger partial charge in [0.15, 0.2) is 0 Å². The van der Waals surface area contributed by atoms with E-state index in [4.69, 9.17) is 20.4 Å². The summed E-state index contributed by atoms with van der Waals surface area (Å²) in [6.07, 6.45) is -4.58. The number of alkyl halides is 3. The van der Waals surface area contributed by atoms with Gasteiger partial charge in [0.05, 0.1) is 17.5 Å². The molecule has 3 aromatic carbocycles. The predicted molar refractivity (Wildman–Crippen MR) is 145 cm³/mol. The average Bonchev–Trinajstić information content (AvgIpc) is 3.26. The molecule has 5 rings (SSSR count). The largest absolute Gasteiger partial charge is 0.497 e. The number of benzene rings is 3. The molecule has 2 heterocycles. The van der Waals surface area contributed by atoms with Gasteiger partial charge in [0.25, 0.3) is 0 Å². The molecular weight excluding hydrogens is 565 g/mol. The number of pyridine rings is 1. The van der Waals surface area contributed by atoms with Crippen molar-refractivity contribution < 1.29 is 41.0 Å². The van der Waals surface area contributed by atoms with Crippen LogP contribution in [0.4, 0.5) is 19.0 Å². The fourth-order valence-corrected chi connectivity index (χ4v) is 5.93. The number of aromatic nitrogens is 1. The molecule has 41 heavy (non-hydrogen) atoms. The Labute approximate surface area is 232 Å². The minimum absolute atomic E-state index is 0.0830. The molecule has 10 nitrogen and oxygen atoms in total. The fraction of sp³-hybridized carbons (Fsp3) is 0.222. The minimum Gasteiger partial charge on any atom is -0.497 e. The molecule has 1 aromatic heterocycles. The summed E-state index contributed by atoms with van der Waals surface area (Å²) in [4.78, 5) is 26.3. The summed E-state index contributed by atoms with van der Waals surface area (Å²) >= 11 is 0. The summed E-state index contributed by atoms with van der Waals surface area (Å²) < 4.78 is 66.7. The van der Waals surface area contributed by atoms with E-state index in [-0.39, 0.29) is 17.2 Å². The number of carboxylic acid groups (broad SMARTS) is 1. The van der Waals surface area contributed by atoms with E-state index >= 15 is 0 Å².